The summed E-state index contributed by atoms with van der Waals surface area (Å²) in [6.45, 7) is 6.26. The van der Waals surface area contributed by atoms with E-state index in [2.05, 4.69) is 47.1 Å². The molecule has 1 aliphatic heterocycles. The van der Waals surface area contributed by atoms with E-state index in [4.69, 9.17) is 0 Å². The van der Waals surface area contributed by atoms with Crippen LogP contribution in [-0.2, 0) is 12.8 Å². The molecule has 222 valence electrons. The number of hydrogen-bond donors (Lipinski definition) is 6. The molecule has 0 spiro atoms. The molecule has 0 saturated carbocycles. The Morgan fingerprint density at radius 2 is 1.76 bits per heavy atom. The number of amides is 1. The summed E-state index contributed by atoms with van der Waals surface area (Å²) in [4.78, 5) is 13.6. The van der Waals surface area contributed by atoms with Crippen molar-refractivity contribution in [2.45, 2.75) is 51.7 Å². The second kappa shape index (κ2) is 14.7. The molecular weight excluding hydrogens is 536 g/mol. The summed E-state index contributed by atoms with van der Waals surface area (Å²) < 4.78 is 23.1. The van der Waals surface area contributed by atoms with Gasteiger partial charge in [-0.25, -0.2) is 0 Å². The van der Waals surface area contributed by atoms with Crippen molar-refractivity contribution in [2.24, 2.45) is 0 Å². The van der Waals surface area contributed by atoms with Crippen molar-refractivity contribution in [3.8, 4) is 0 Å². The lowest BCUT2D eigenvalue weighted by Gasteiger charge is -2.47. The first-order valence-electron chi connectivity index (χ1n) is 14.5. The van der Waals surface area contributed by atoms with Crippen LogP contribution >= 0.6 is 10.8 Å². The first-order chi connectivity index (χ1) is 19.7. The number of carbonyl (C=O) groups is 1. The number of aryl methyl sites for hydroxylation is 1. The van der Waals surface area contributed by atoms with Crippen LogP contribution in [0.4, 0.5) is 11.4 Å². The number of carbonyl (C=O) groups excluding carboxylic acids is 1. The van der Waals surface area contributed by atoms with Crippen molar-refractivity contribution in [2.75, 3.05) is 41.6 Å². The summed E-state index contributed by atoms with van der Waals surface area (Å²) in [6, 6.07) is 23.0. The van der Waals surface area contributed by atoms with E-state index in [0.717, 1.165) is 30.5 Å². The standard InChI is InChI=1S/C32H44N4O4S/c1-3-34-28-20-27(21-29(22-28)36-17-7-8-18-41(36,39)40)32(38)35-30(19-26-9-5-4-6-10-26)31(37)23-33-16-15-25-13-11-24(2)12-14-25/h4-6,9-14,20-22,30-31,33-34,37,39-40H,3,7-8,15-19,23H2,1-2H3,(H,35,38)/t30-,31+/m0/s1. The van der Waals surface area contributed by atoms with Crippen LogP contribution in [0.2, 0.25) is 0 Å². The van der Waals surface area contributed by atoms with E-state index < -0.39 is 22.9 Å². The second-order valence-corrected chi connectivity index (χ2v) is 12.8. The molecule has 9 heteroatoms. The van der Waals surface area contributed by atoms with Crippen molar-refractivity contribution < 1.29 is 19.0 Å². The number of benzene rings is 3. The van der Waals surface area contributed by atoms with Gasteiger partial charge in [0.1, 0.15) is 0 Å². The summed E-state index contributed by atoms with van der Waals surface area (Å²) >= 11 is 0. The van der Waals surface area contributed by atoms with Crippen molar-refractivity contribution >= 4 is 28.1 Å². The van der Waals surface area contributed by atoms with E-state index >= 15 is 0 Å². The molecule has 1 heterocycles. The molecule has 0 radical (unpaired) electrons. The zero-order valence-corrected chi connectivity index (χ0v) is 24.9. The van der Waals surface area contributed by atoms with Crippen molar-refractivity contribution in [1.82, 2.24) is 10.6 Å². The Balaban J connectivity index is 1.48. The maximum atomic E-state index is 13.6. The smallest absolute Gasteiger partial charge is 0.251 e. The quantitative estimate of drug-likeness (QED) is 0.153. The zero-order valence-electron chi connectivity index (χ0n) is 24.1. The number of nitrogens with zero attached hydrogens (tertiary/aromatic N) is 1. The van der Waals surface area contributed by atoms with Crippen molar-refractivity contribution in [3.05, 3.63) is 95.1 Å². The van der Waals surface area contributed by atoms with E-state index in [1.165, 1.54) is 11.1 Å². The minimum absolute atomic E-state index is 0.320. The molecule has 0 bridgehead atoms. The Hall–Kier alpha value is -3.08. The van der Waals surface area contributed by atoms with Gasteiger partial charge in [0, 0.05) is 30.9 Å². The van der Waals surface area contributed by atoms with Crippen LogP contribution in [0.5, 0.6) is 0 Å². The molecule has 0 unspecified atom stereocenters. The van der Waals surface area contributed by atoms with Crippen LogP contribution in [0.25, 0.3) is 0 Å². The van der Waals surface area contributed by atoms with Gasteiger partial charge in [-0.1, -0.05) is 60.2 Å². The van der Waals surface area contributed by atoms with Crippen molar-refractivity contribution in [3.63, 3.8) is 0 Å². The first-order valence-corrected chi connectivity index (χ1v) is 16.1. The predicted molar refractivity (Wildman–Crippen MR) is 170 cm³/mol. The van der Waals surface area contributed by atoms with Gasteiger partial charge in [-0.05, 0) is 75.4 Å². The van der Waals surface area contributed by atoms with Gasteiger partial charge in [0.05, 0.1) is 23.6 Å². The van der Waals surface area contributed by atoms with Crippen LogP contribution in [0.3, 0.4) is 0 Å². The topological polar surface area (TPSA) is 117 Å². The lowest BCUT2D eigenvalue weighted by Crippen LogP contribution is -2.49. The first kappa shape index (κ1) is 30.9. The molecule has 1 fully saturated rings. The summed E-state index contributed by atoms with van der Waals surface area (Å²) in [7, 11) is -2.94. The van der Waals surface area contributed by atoms with Gasteiger partial charge in [-0.3, -0.25) is 18.2 Å². The van der Waals surface area contributed by atoms with Crippen LogP contribution in [0.15, 0.2) is 72.8 Å². The van der Waals surface area contributed by atoms with E-state index in [-0.39, 0.29) is 5.91 Å². The van der Waals surface area contributed by atoms with Crippen molar-refractivity contribution in [1.29, 1.82) is 0 Å². The average molecular weight is 581 g/mol. The second-order valence-electron chi connectivity index (χ2n) is 10.7. The number of hydrogen-bond acceptors (Lipinski definition) is 7. The van der Waals surface area contributed by atoms with E-state index in [1.807, 2.05) is 43.3 Å². The molecule has 3 aromatic rings. The van der Waals surface area contributed by atoms with E-state index in [1.54, 1.807) is 16.4 Å². The fraction of sp³-hybridized carbons (Fsp3) is 0.406. The Morgan fingerprint density at radius 1 is 1.00 bits per heavy atom. The number of aliphatic hydroxyl groups is 1. The molecular formula is C32H44N4O4S. The molecule has 2 atom stereocenters. The minimum Gasteiger partial charge on any atom is -0.390 e. The summed E-state index contributed by atoms with van der Waals surface area (Å²) in [5, 5.41) is 20.9. The van der Waals surface area contributed by atoms with Gasteiger partial charge in [0.2, 0.25) is 0 Å². The van der Waals surface area contributed by atoms with Gasteiger partial charge < -0.3 is 21.1 Å². The molecule has 1 saturated heterocycles. The molecule has 0 aliphatic carbocycles. The molecule has 1 amide bonds. The Kier molecular flexibility index (Phi) is 11.1. The lowest BCUT2D eigenvalue weighted by atomic mass is 10.00. The van der Waals surface area contributed by atoms with Crippen LogP contribution in [0.1, 0.15) is 46.8 Å². The highest BCUT2D eigenvalue weighted by Crippen LogP contribution is 2.50. The monoisotopic (exact) mass is 580 g/mol. The molecule has 41 heavy (non-hydrogen) atoms. The van der Waals surface area contributed by atoms with Gasteiger partial charge in [-0.15, -0.1) is 10.8 Å². The van der Waals surface area contributed by atoms with Gasteiger partial charge >= 0.3 is 0 Å². The third-order valence-corrected chi connectivity index (χ3v) is 9.31. The van der Waals surface area contributed by atoms with Gasteiger partial charge in [0.15, 0.2) is 0 Å². The SMILES string of the molecule is CCNc1cc(C(=O)N[C@@H](Cc2ccccc2)[C@H](O)CNCCc2ccc(C)cc2)cc(N2CCCCS2(O)O)c1. The predicted octanol–water partition coefficient (Wildman–Crippen LogP) is 5.23. The molecule has 3 aromatic carbocycles. The van der Waals surface area contributed by atoms with Crippen LogP contribution in [-0.4, -0.2) is 64.2 Å². The fourth-order valence-corrected chi connectivity index (χ4v) is 6.76. The van der Waals surface area contributed by atoms with Gasteiger partial charge in [-0.2, -0.15) is 0 Å². The number of rotatable bonds is 13. The molecule has 8 nitrogen and oxygen atoms in total. The van der Waals surface area contributed by atoms with E-state index in [9.17, 15) is 19.0 Å². The molecule has 1 aliphatic rings. The minimum atomic E-state index is -2.94. The van der Waals surface area contributed by atoms with Crippen LogP contribution < -0.4 is 20.3 Å². The third-order valence-electron chi connectivity index (χ3n) is 7.38. The third kappa shape index (κ3) is 8.95. The largest absolute Gasteiger partial charge is 0.390 e. The normalized spacial score (nSPS) is 17.0. The van der Waals surface area contributed by atoms with Gasteiger partial charge in [0.25, 0.3) is 5.91 Å². The number of aliphatic hydroxyl groups excluding tert-OH is 1. The highest BCUT2D eigenvalue weighted by atomic mass is 32.3. The lowest BCUT2D eigenvalue weighted by molar-refractivity contribution is 0.0831. The Morgan fingerprint density at radius 3 is 2.46 bits per heavy atom. The average Bonchev–Trinajstić information content (AvgIpc) is 2.96. The summed E-state index contributed by atoms with van der Waals surface area (Å²) in [5.74, 6) is 0.00139. The Labute approximate surface area is 245 Å². The van der Waals surface area contributed by atoms with E-state index in [0.29, 0.717) is 49.6 Å². The molecule has 6 N–H and O–H groups in total. The maximum Gasteiger partial charge on any atom is 0.251 e. The fourth-order valence-electron chi connectivity index (χ4n) is 5.08. The molecule has 0 aromatic heterocycles. The zero-order chi connectivity index (χ0) is 29.2. The van der Waals surface area contributed by atoms with Crippen LogP contribution in [0, 0.1) is 6.92 Å². The summed E-state index contributed by atoms with van der Waals surface area (Å²) in [6.07, 6.45) is 2.11. The number of nitrogens with one attached hydrogen (secondary N) is 3. The molecule has 4 rings (SSSR count). The summed E-state index contributed by atoms with van der Waals surface area (Å²) in [5.41, 5.74) is 5.20. The highest BCUT2D eigenvalue weighted by Gasteiger charge is 2.28. The Bertz CT molecular complexity index is 1260. The maximum absolute atomic E-state index is 13.6. The highest BCUT2D eigenvalue weighted by molar-refractivity contribution is 8.25. The number of anilines is 2.